The number of likely N-dealkylation sites (N-methyl/N-ethyl adjacent to an activating group) is 1. The Balaban J connectivity index is 1.98. The van der Waals surface area contributed by atoms with E-state index in [0.29, 0.717) is 0 Å². The summed E-state index contributed by atoms with van der Waals surface area (Å²) in [5, 5.41) is 1.98. The topological polar surface area (TPSA) is 24.9 Å². The molecule has 0 aromatic rings. The second-order valence-electron chi connectivity index (χ2n) is 3.18. The zero-order chi connectivity index (χ0) is 8.81. The van der Waals surface area contributed by atoms with Gasteiger partial charge in [0.05, 0.1) is 19.8 Å². The molecule has 0 aromatic heterocycles. The van der Waals surface area contributed by atoms with Crippen LogP contribution in [0.5, 0.6) is 0 Å². The maximum atomic E-state index is 5.51. The average molecular weight is 174 g/mol. The molecule has 0 N–H and O–H groups in total. The van der Waals surface area contributed by atoms with Crippen molar-refractivity contribution >= 4 is 0 Å². The van der Waals surface area contributed by atoms with Crippen LogP contribution in [0.25, 0.3) is 0 Å². The zero-order valence-electron chi connectivity index (χ0n) is 7.95. The van der Waals surface area contributed by atoms with E-state index in [1.165, 1.54) is 0 Å². The van der Waals surface area contributed by atoms with Gasteiger partial charge in [0.2, 0.25) is 0 Å². The van der Waals surface area contributed by atoms with E-state index in [2.05, 4.69) is 4.90 Å². The van der Waals surface area contributed by atoms with Gasteiger partial charge in [-0.2, -0.15) is 5.06 Å². The third-order valence-electron chi connectivity index (χ3n) is 1.78. The van der Waals surface area contributed by atoms with Gasteiger partial charge in [-0.25, -0.2) is 0 Å². The van der Waals surface area contributed by atoms with Crippen molar-refractivity contribution in [1.29, 1.82) is 0 Å². The molecule has 72 valence electrons. The van der Waals surface area contributed by atoms with Crippen LogP contribution in [0.4, 0.5) is 0 Å². The second-order valence-corrected chi connectivity index (χ2v) is 3.18. The number of morpholine rings is 1. The summed E-state index contributed by atoms with van der Waals surface area (Å²) in [5.41, 5.74) is 0. The molecule has 1 saturated heterocycles. The summed E-state index contributed by atoms with van der Waals surface area (Å²) in [6.07, 6.45) is 0. The van der Waals surface area contributed by atoms with Crippen molar-refractivity contribution in [2.24, 2.45) is 0 Å². The summed E-state index contributed by atoms with van der Waals surface area (Å²) >= 11 is 0. The van der Waals surface area contributed by atoms with Crippen LogP contribution in [0.1, 0.15) is 0 Å². The molecular formula is C8H18N2O2. The highest BCUT2D eigenvalue weighted by molar-refractivity contribution is 4.51. The standard InChI is InChI=1S/C8H18N2O2/c1-9(2)3-8-12-10-4-6-11-7-5-10/h3-8H2,1-2H3. The van der Waals surface area contributed by atoms with Gasteiger partial charge in [-0.1, -0.05) is 0 Å². The lowest BCUT2D eigenvalue weighted by molar-refractivity contribution is -0.194. The van der Waals surface area contributed by atoms with E-state index in [-0.39, 0.29) is 0 Å². The molecule has 1 aliphatic rings. The Morgan fingerprint density at radius 3 is 2.58 bits per heavy atom. The summed E-state index contributed by atoms with van der Waals surface area (Å²) in [5.74, 6) is 0. The van der Waals surface area contributed by atoms with Crippen LogP contribution in [0.2, 0.25) is 0 Å². The van der Waals surface area contributed by atoms with Gasteiger partial charge < -0.3 is 9.64 Å². The molecule has 0 spiro atoms. The Morgan fingerprint density at radius 1 is 1.33 bits per heavy atom. The third-order valence-corrected chi connectivity index (χ3v) is 1.78. The van der Waals surface area contributed by atoms with Crippen molar-refractivity contribution in [1.82, 2.24) is 9.96 Å². The van der Waals surface area contributed by atoms with E-state index >= 15 is 0 Å². The molecule has 0 atom stereocenters. The maximum Gasteiger partial charge on any atom is 0.0812 e. The molecule has 0 amide bonds. The number of rotatable bonds is 4. The molecule has 0 radical (unpaired) electrons. The van der Waals surface area contributed by atoms with Crippen LogP contribution in [0, 0.1) is 0 Å². The van der Waals surface area contributed by atoms with Crippen molar-refractivity contribution in [3.63, 3.8) is 0 Å². The molecule has 4 nitrogen and oxygen atoms in total. The summed E-state index contributed by atoms with van der Waals surface area (Å²) in [6.45, 7) is 5.12. The molecule has 0 bridgehead atoms. The first-order valence-corrected chi connectivity index (χ1v) is 4.39. The van der Waals surface area contributed by atoms with E-state index in [1.54, 1.807) is 0 Å². The Bertz CT molecular complexity index is 114. The van der Waals surface area contributed by atoms with Crippen LogP contribution in [0.15, 0.2) is 0 Å². The highest BCUT2D eigenvalue weighted by Crippen LogP contribution is 1.96. The van der Waals surface area contributed by atoms with Crippen molar-refractivity contribution in [3.8, 4) is 0 Å². The predicted molar refractivity (Wildman–Crippen MR) is 46.9 cm³/mol. The van der Waals surface area contributed by atoms with Crippen molar-refractivity contribution in [2.45, 2.75) is 0 Å². The minimum absolute atomic E-state index is 0.771. The van der Waals surface area contributed by atoms with Crippen LogP contribution in [-0.2, 0) is 9.57 Å². The maximum absolute atomic E-state index is 5.51. The first-order chi connectivity index (χ1) is 5.79. The van der Waals surface area contributed by atoms with E-state index in [0.717, 1.165) is 39.5 Å². The molecule has 4 heteroatoms. The van der Waals surface area contributed by atoms with Gasteiger partial charge in [0.25, 0.3) is 0 Å². The SMILES string of the molecule is CN(C)CCON1CCOCC1. The summed E-state index contributed by atoms with van der Waals surface area (Å²) in [7, 11) is 4.09. The number of hydrogen-bond acceptors (Lipinski definition) is 4. The zero-order valence-corrected chi connectivity index (χ0v) is 7.95. The highest BCUT2D eigenvalue weighted by atomic mass is 16.7. The first kappa shape index (κ1) is 9.92. The van der Waals surface area contributed by atoms with Crippen molar-refractivity contribution in [2.75, 3.05) is 53.6 Å². The largest absolute Gasteiger partial charge is 0.379 e. The fourth-order valence-electron chi connectivity index (χ4n) is 1.03. The minimum Gasteiger partial charge on any atom is -0.379 e. The van der Waals surface area contributed by atoms with Crippen LogP contribution >= 0.6 is 0 Å². The first-order valence-electron chi connectivity index (χ1n) is 4.39. The molecule has 12 heavy (non-hydrogen) atoms. The van der Waals surface area contributed by atoms with Gasteiger partial charge in [-0.05, 0) is 14.1 Å². The molecule has 0 unspecified atom stereocenters. The Morgan fingerprint density at radius 2 is 2.00 bits per heavy atom. The molecule has 0 aliphatic carbocycles. The van der Waals surface area contributed by atoms with Crippen LogP contribution in [-0.4, -0.2) is 63.5 Å². The summed E-state index contributed by atoms with van der Waals surface area (Å²) in [6, 6.07) is 0. The van der Waals surface area contributed by atoms with E-state index in [1.807, 2.05) is 19.2 Å². The monoisotopic (exact) mass is 174 g/mol. The number of ether oxygens (including phenoxy) is 1. The van der Waals surface area contributed by atoms with Gasteiger partial charge in [-0.15, -0.1) is 0 Å². The lowest BCUT2D eigenvalue weighted by atomic mass is 10.5. The molecule has 1 rings (SSSR count). The summed E-state index contributed by atoms with van der Waals surface area (Å²) in [4.78, 5) is 7.62. The number of hydrogen-bond donors (Lipinski definition) is 0. The molecule has 0 aromatic carbocycles. The van der Waals surface area contributed by atoms with Gasteiger partial charge in [0, 0.05) is 19.6 Å². The fourth-order valence-corrected chi connectivity index (χ4v) is 1.03. The van der Waals surface area contributed by atoms with Gasteiger partial charge in [0.1, 0.15) is 0 Å². The lowest BCUT2D eigenvalue weighted by Gasteiger charge is -2.26. The Hall–Kier alpha value is -0.160. The van der Waals surface area contributed by atoms with Gasteiger partial charge >= 0.3 is 0 Å². The molecule has 1 fully saturated rings. The molecule has 1 heterocycles. The van der Waals surface area contributed by atoms with Crippen molar-refractivity contribution in [3.05, 3.63) is 0 Å². The van der Waals surface area contributed by atoms with Crippen LogP contribution < -0.4 is 0 Å². The molecule has 1 aliphatic heterocycles. The van der Waals surface area contributed by atoms with Gasteiger partial charge in [-0.3, -0.25) is 4.84 Å². The smallest absolute Gasteiger partial charge is 0.0812 e. The summed E-state index contributed by atoms with van der Waals surface area (Å²) < 4.78 is 5.20. The quantitative estimate of drug-likeness (QED) is 0.590. The van der Waals surface area contributed by atoms with Crippen molar-refractivity contribution < 1.29 is 9.57 Å². The van der Waals surface area contributed by atoms with Crippen LogP contribution in [0.3, 0.4) is 0 Å². The predicted octanol–water partition coefficient (Wildman–Crippen LogP) is -0.188. The fraction of sp³-hybridized carbons (Fsp3) is 1.00. The number of nitrogens with zero attached hydrogens (tertiary/aromatic N) is 2. The Labute approximate surface area is 74.0 Å². The molecular weight excluding hydrogens is 156 g/mol. The minimum atomic E-state index is 0.771. The van der Waals surface area contributed by atoms with E-state index in [9.17, 15) is 0 Å². The normalized spacial score (nSPS) is 20.2. The Kier molecular flexibility index (Phi) is 4.53. The molecule has 0 saturated carbocycles. The van der Waals surface area contributed by atoms with Gasteiger partial charge in [0.15, 0.2) is 0 Å². The third kappa shape index (κ3) is 4.01. The van der Waals surface area contributed by atoms with E-state index in [4.69, 9.17) is 9.57 Å². The lowest BCUT2D eigenvalue weighted by Crippen LogP contribution is -2.37. The average Bonchev–Trinajstić information content (AvgIpc) is 2.05. The van der Waals surface area contributed by atoms with E-state index < -0.39 is 0 Å². The number of hydroxylamine groups is 2. The highest BCUT2D eigenvalue weighted by Gasteiger charge is 2.09. The second kappa shape index (κ2) is 5.48.